The van der Waals surface area contributed by atoms with Gasteiger partial charge in [-0.1, -0.05) is 20.3 Å². The van der Waals surface area contributed by atoms with Gasteiger partial charge >= 0.3 is 0 Å². The predicted molar refractivity (Wildman–Crippen MR) is 71.0 cm³/mol. The van der Waals surface area contributed by atoms with E-state index in [4.69, 9.17) is 0 Å². The van der Waals surface area contributed by atoms with Gasteiger partial charge < -0.3 is 4.90 Å². The van der Waals surface area contributed by atoms with Crippen LogP contribution in [0.1, 0.15) is 39.5 Å². The van der Waals surface area contributed by atoms with Crippen LogP contribution in [0.3, 0.4) is 0 Å². The molecule has 1 aliphatic heterocycles. The zero-order valence-corrected chi connectivity index (χ0v) is 12.1. The van der Waals surface area contributed by atoms with Gasteiger partial charge in [-0.3, -0.25) is 4.79 Å². The molecule has 0 aromatic heterocycles. The highest BCUT2D eigenvalue weighted by Gasteiger charge is 2.44. The van der Waals surface area contributed by atoms with Crippen LogP contribution in [0.25, 0.3) is 0 Å². The minimum absolute atomic E-state index is 0.0677. The third kappa shape index (κ3) is 3.05. The molecule has 1 aliphatic carbocycles. The van der Waals surface area contributed by atoms with Crippen LogP contribution in [-0.2, 0) is 14.6 Å². The SMILES string of the molecule is CCCCN(C(=O)C1CC1C)C1CCS(=O)(=O)C1. The van der Waals surface area contributed by atoms with E-state index in [0.717, 1.165) is 25.8 Å². The Morgan fingerprint density at radius 2 is 2.06 bits per heavy atom. The number of sulfone groups is 1. The average molecular weight is 273 g/mol. The van der Waals surface area contributed by atoms with Crippen molar-refractivity contribution in [2.75, 3.05) is 18.1 Å². The van der Waals surface area contributed by atoms with E-state index in [1.54, 1.807) is 0 Å². The predicted octanol–water partition coefficient (Wildman–Crippen LogP) is 1.46. The largest absolute Gasteiger partial charge is 0.338 e. The van der Waals surface area contributed by atoms with Crippen molar-refractivity contribution in [1.82, 2.24) is 4.90 Å². The maximum atomic E-state index is 12.4. The van der Waals surface area contributed by atoms with Crippen molar-refractivity contribution in [3.05, 3.63) is 0 Å². The minimum Gasteiger partial charge on any atom is -0.338 e. The van der Waals surface area contributed by atoms with E-state index in [1.807, 2.05) is 4.90 Å². The molecule has 0 spiro atoms. The van der Waals surface area contributed by atoms with Gasteiger partial charge in [0.25, 0.3) is 0 Å². The number of carbonyl (C=O) groups excluding carboxylic acids is 1. The van der Waals surface area contributed by atoms with E-state index in [9.17, 15) is 13.2 Å². The lowest BCUT2D eigenvalue weighted by Gasteiger charge is -2.28. The molecule has 2 aliphatic rings. The van der Waals surface area contributed by atoms with Crippen LogP contribution in [0, 0.1) is 11.8 Å². The molecule has 5 heteroatoms. The third-order valence-corrected chi connectivity index (χ3v) is 5.86. The number of hydrogen-bond acceptors (Lipinski definition) is 3. The number of rotatable bonds is 5. The number of nitrogens with zero attached hydrogens (tertiary/aromatic N) is 1. The Kier molecular flexibility index (Phi) is 3.99. The summed E-state index contributed by atoms with van der Waals surface area (Å²) in [5.74, 6) is 1.25. The fourth-order valence-corrected chi connectivity index (χ4v) is 4.43. The van der Waals surface area contributed by atoms with Crippen molar-refractivity contribution in [3.63, 3.8) is 0 Å². The Balaban J connectivity index is 2.03. The Hall–Kier alpha value is -0.580. The van der Waals surface area contributed by atoms with E-state index in [2.05, 4.69) is 13.8 Å². The second kappa shape index (κ2) is 5.19. The van der Waals surface area contributed by atoms with Crippen molar-refractivity contribution < 1.29 is 13.2 Å². The van der Waals surface area contributed by atoms with Gasteiger partial charge in [-0.05, 0) is 25.2 Å². The van der Waals surface area contributed by atoms with Crippen LogP contribution in [-0.4, -0.2) is 43.3 Å². The summed E-state index contributed by atoms with van der Waals surface area (Å²) in [4.78, 5) is 14.2. The van der Waals surface area contributed by atoms with Crippen LogP contribution in [0.2, 0.25) is 0 Å². The standard InChI is InChI=1S/C13H23NO3S/c1-3-4-6-14(13(15)12-8-10(12)2)11-5-7-18(16,17)9-11/h10-12H,3-9H2,1-2H3. The molecule has 0 radical (unpaired) electrons. The van der Waals surface area contributed by atoms with Gasteiger partial charge in [-0.15, -0.1) is 0 Å². The molecule has 1 amide bonds. The summed E-state index contributed by atoms with van der Waals surface area (Å²) in [6.07, 6.45) is 3.59. The zero-order chi connectivity index (χ0) is 13.3. The summed E-state index contributed by atoms with van der Waals surface area (Å²) >= 11 is 0. The van der Waals surface area contributed by atoms with Gasteiger partial charge in [0, 0.05) is 18.5 Å². The molecule has 1 saturated heterocycles. The van der Waals surface area contributed by atoms with Gasteiger partial charge in [0.05, 0.1) is 11.5 Å². The first-order valence-electron chi connectivity index (χ1n) is 6.95. The molecule has 3 atom stereocenters. The highest BCUT2D eigenvalue weighted by atomic mass is 32.2. The highest BCUT2D eigenvalue weighted by Crippen LogP contribution is 2.40. The fourth-order valence-electron chi connectivity index (χ4n) is 2.70. The molecule has 0 N–H and O–H groups in total. The summed E-state index contributed by atoms with van der Waals surface area (Å²) < 4.78 is 23.1. The molecule has 2 rings (SSSR count). The third-order valence-electron chi connectivity index (χ3n) is 4.11. The topological polar surface area (TPSA) is 54.5 Å². The van der Waals surface area contributed by atoms with Crippen molar-refractivity contribution in [2.24, 2.45) is 11.8 Å². The normalized spacial score (nSPS) is 33.3. The molecule has 4 nitrogen and oxygen atoms in total. The molecular formula is C13H23NO3S. The van der Waals surface area contributed by atoms with Gasteiger partial charge in [-0.2, -0.15) is 0 Å². The van der Waals surface area contributed by atoms with Crippen LogP contribution in [0.5, 0.6) is 0 Å². The summed E-state index contributed by atoms with van der Waals surface area (Å²) in [6.45, 7) is 4.90. The van der Waals surface area contributed by atoms with E-state index < -0.39 is 9.84 Å². The molecule has 18 heavy (non-hydrogen) atoms. The number of carbonyl (C=O) groups is 1. The monoisotopic (exact) mass is 273 g/mol. The second-order valence-corrected chi connectivity index (χ2v) is 7.99. The maximum absolute atomic E-state index is 12.4. The summed E-state index contributed by atoms with van der Waals surface area (Å²) in [5.41, 5.74) is 0. The molecule has 0 bridgehead atoms. The second-order valence-electron chi connectivity index (χ2n) is 5.76. The lowest BCUT2D eigenvalue weighted by Crippen LogP contribution is -2.42. The van der Waals surface area contributed by atoms with Crippen LogP contribution >= 0.6 is 0 Å². The summed E-state index contributed by atoms with van der Waals surface area (Å²) in [6, 6.07) is -0.0677. The Morgan fingerprint density at radius 1 is 1.39 bits per heavy atom. The van der Waals surface area contributed by atoms with Gasteiger partial charge in [0.15, 0.2) is 9.84 Å². The zero-order valence-electron chi connectivity index (χ0n) is 11.3. The first-order chi connectivity index (χ1) is 8.44. The summed E-state index contributed by atoms with van der Waals surface area (Å²) in [5, 5.41) is 0. The molecular weight excluding hydrogens is 250 g/mol. The van der Waals surface area contributed by atoms with Crippen LogP contribution in [0.15, 0.2) is 0 Å². The minimum atomic E-state index is -2.91. The maximum Gasteiger partial charge on any atom is 0.226 e. The van der Waals surface area contributed by atoms with Gasteiger partial charge in [0.2, 0.25) is 5.91 Å². The Bertz CT molecular complexity index is 418. The molecule has 1 saturated carbocycles. The molecule has 0 aromatic rings. The lowest BCUT2D eigenvalue weighted by molar-refractivity contribution is -0.134. The Labute approximate surface area is 110 Å². The first kappa shape index (κ1) is 13.8. The molecule has 104 valence electrons. The number of unbranched alkanes of at least 4 members (excludes halogenated alkanes) is 1. The van der Waals surface area contributed by atoms with Crippen molar-refractivity contribution in [3.8, 4) is 0 Å². The van der Waals surface area contributed by atoms with Crippen molar-refractivity contribution in [1.29, 1.82) is 0 Å². The molecule has 0 aromatic carbocycles. The lowest BCUT2D eigenvalue weighted by atomic mass is 10.1. The fraction of sp³-hybridized carbons (Fsp3) is 0.923. The molecule has 1 heterocycles. The van der Waals surface area contributed by atoms with E-state index in [0.29, 0.717) is 12.3 Å². The van der Waals surface area contributed by atoms with Crippen LogP contribution < -0.4 is 0 Å². The molecule has 3 unspecified atom stereocenters. The number of hydrogen-bond donors (Lipinski definition) is 0. The highest BCUT2D eigenvalue weighted by molar-refractivity contribution is 7.91. The van der Waals surface area contributed by atoms with Crippen LogP contribution in [0.4, 0.5) is 0 Å². The van der Waals surface area contributed by atoms with E-state index in [1.165, 1.54) is 0 Å². The Morgan fingerprint density at radius 3 is 2.50 bits per heavy atom. The molecule has 2 fully saturated rings. The van der Waals surface area contributed by atoms with E-state index >= 15 is 0 Å². The smallest absolute Gasteiger partial charge is 0.226 e. The number of amides is 1. The summed E-state index contributed by atoms with van der Waals surface area (Å²) in [7, 11) is -2.91. The first-order valence-corrected chi connectivity index (χ1v) is 8.77. The average Bonchev–Trinajstić information content (AvgIpc) is 2.92. The van der Waals surface area contributed by atoms with Gasteiger partial charge in [-0.25, -0.2) is 8.42 Å². The van der Waals surface area contributed by atoms with Gasteiger partial charge in [0.1, 0.15) is 0 Å². The van der Waals surface area contributed by atoms with Crippen molar-refractivity contribution in [2.45, 2.75) is 45.6 Å². The quantitative estimate of drug-likeness (QED) is 0.762. The van der Waals surface area contributed by atoms with E-state index in [-0.39, 0.29) is 29.4 Å². The van der Waals surface area contributed by atoms with Crippen molar-refractivity contribution >= 4 is 15.7 Å².